The highest BCUT2D eigenvalue weighted by Gasteiger charge is 2.50. The molecule has 13 heteroatoms. The number of halogens is 4. The van der Waals surface area contributed by atoms with Gasteiger partial charge in [0.05, 0.1) is 0 Å². The van der Waals surface area contributed by atoms with E-state index in [1.165, 1.54) is 0 Å². The van der Waals surface area contributed by atoms with Gasteiger partial charge < -0.3 is 15.2 Å². The van der Waals surface area contributed by atoms with Gasteiger partial charge in [0.25, 0.3) is 0 Å². The summed E-state index contributed by atoms with van der Waals surface area (Å²) in [5.74, 6) is 1.54. The number of nitrogens with one attached hydrogen (secondary N) is 2. The van der Waals surface area contributed by atoms with Crippen LogP contribution >= 0.6 is 24.0 Å². The lowest BCUT2D eigenvalue weighted by molar-refractivity contribution is -0.0494. The lowest BCUT2D eigenvalue weighted by Crippen LogP contribution is -2.51. The van der Waals surface area contributed by atoms with E-state index in [1.54, 1.807) is 13.2 Å². The summed E-state index contributed by atoms with van der Waals surface area (Å²) in [4.78, 5) is 8.29. The Balaban J connectivity index is 0.00000420. The van der Waals surface area contributed by atoms with Crippen molar-refractivity contribution >= 4 is 40.0 Å². The summed E-state index contributed by atoms with van der Waals surface area (Å²) in [5, 5.41) is 6.33. The number of aryl methyl sites for hydroxylation is 2. The van der Waals surface area contributed by atoms with Crippen molar-refractivity contribution in [2.45, 2.75) is 50.7 Å². The summed E-state index contributed by atoms with van der Waals surface area (Å²) in [6, 6.07) is -0.125. The Morgan fingerprint density at radius 3 is 2.48 bits per heavy atom. The molecule has 29 heavy (non-hydrogen) atoms. The Kier molecular flexibility index (Phi) is 10.1. The number of hydrogen-bond acceptors (Lipinski definition) is 4. The molecular formula is C16H28F3IN6O2S. The lowest BCUT2D eigenvalue weighted by atomic mass is 10.1. The van der Waals surface area contributed by atoms with E-state index in [-0.39, 0.29) is 55.9 Å². The number of rotatable bonds is 7. The summed E-state index contributed by atoms with van der Waals surface area (Å²) < 4.78 is 63.3. The molecule has 0 spiro atoms. The van der Waals surface area contributed by atoms with Crippen molar-refractivity contribution in [2.75, 3.05) is 26.7 Å². The van der Waals surface area contributed by atoms with Gasteiger partial charge in [-0.15, -0.1) is 24.0 Å². The summed E-state index contributed by atoms with van der Waals surface area (Å²) in [7, 11) is -3.63. The van der Waals surface area contributed by atoms with E-state index < -0.39 is 15.5 Å². The number of guanidine groups is 1. The third-order valence-electron chi connectivity index (χ3n) is 4.69. The van der Waals surface area contributed by atoms with Crippen LogP contribution in [0.4, 0.5) is 13.2 Å². The van der Waals surface area contributed by atoms with Crippen LogP contribution in [0.5, 0.6) is 0 Å². The van der Waals surface area contributed by atoms with Crippen LogP contribution in [0, 0.1) is 6.92 Å². The average molecular weight is 552 g/mol. The third kappa shape index (κ3) is 7.27. The zero-order valence-electron chi connectivity index (χ0n) is 16.4. The molecule has 1 aromatic rings. The number of aromatic nitrogens is 2. The number of unbranched alkanes of at least 4 members (excludes halogenated alkanes) is 1. The second-order valence-electron chi connectivity index (χ2n) is 6.64. The number of imidazole rings is 1. The normalized spacial score (nSPS) is 17.1. The Bertz CT molecular complexity index is 761. The zero-order chi connectivity index (χ0) is 20.8. The standard InChI is InChI=1S/C16H27F3N6O2S.HI/c1-13-21-8-12-24(13)9-4-3-7-22-15(20-2)23-14-5-10-25(11-6-14)28(26,27)16(17,18)19;/h8,12,14H,3-7,9-11H2,1-2H3,(H2,20,22,23);1H. The highest BCUT2D eigenvalue weighted by atomic mass is 127. The van der Waals surface area contributed by atoms with Crippen molar-refractivity contribution in [3.63, 3.8) is 0 Å². The number of sulfonamides is 1. The minimum Gasteiger partial charge on any atom is -0.356 e. The van der Waals surface area contributed by atoms with Crippen LogP contribution in [0.3, 0.4) is 0 Å². The van der Waals surface area contributed by atoms with Gasteiger partial charge in [-0.05, 0) is 32.6 Å². The number of nitrogens with zero attached hydrogens (tertiary/aromatic N) is 4. The molecule has 2 rings (SSSR count). The Morgan fingerprint density at radius 2 is 1.97 bits per heavy atom. The summed E-state index contributed by atoms with van der Waals surface area (Å²) >= 11 is 0. The molecule has 0 aliphatic carbocycles. The van der Waals surface area contributed by atoms with Gasteiger partial charge >= 0.3 is 15.5 Å². The van der Waals surface area contributed by atoms with Gasteiger partial charge in [0.2, 0.25) is 0 Å². The Hall–Kier alpha value is -1.09. The molecule has 0 aromatic carbocycles. The molecule has 0 amide bonds. The molecule has 2 N–H and O–H groups in total. The van der Waals surface area contributed by atoms with E-state index in [1.807, 2.05) is 13.1 Å². The molecule has 0 atom stereocenters. The van der Waals surface area contributed by atoms with Crippen LogP contribution < -0.4 is 10.6 Å². The van der Waals surface area contributed by atoms with E-state index in [9.17, 15) is 21.6 Å². The van der Waals surface area contributed by atoms with Crippen LogP contribution in [0.25, 0.3) is 0 Å². The Morgan fingerprint density at radius 1 is 1.31 bits per heavy atom. The third-order valence-corrected chi connectivity index (χ3v) is 6.32. The maximum Gasteiger partial charge on any atom is 0.511 e. The van der Waals surface area contributed by atoms with Crippen LogP contribution in [0.1, 0.15) is 31.5 Å². The van der Waals surface area contributed by atoms with Crippen molar-refractivity contribution in [1.29, 1.82) is 0 Å². The van der Waals surface area contributed by atoms with E-state index in [0.717, 1.165) is 25.2 Å². The number of hydrogen-bond donors (Lipinski definition) is 2. The second kappa shape index (κ2) is 11.3. The number of piperidine rings is 1. The summed E-state index contributed by atoms with van der Waals surface area (Å²) in [6.07, 6.45) is 6.17. The molecule has 1 aliphatic heterocycles. The monoisotopic (exact) mass is 552 g/mol. The fraction of sp³-hybridized carbons (Fsp3) is 0.750. The highest BCUT2D eigenvalue weighted by Crippen LogP contribution is 2.28. The van der Waals surface area contributed by atoms with Gasteiger partial charge in [0.1, 0.15) is 5.82 Å². The van der Waals surface area contributed by atoms with E-state index in [0.29, 0.717) is 16.8 Å². The largest absolute Gasteiger partial charge is 0.511 e. The molecule has 0 unspecified atom stereocenters. The van der Waals surface area contributed by atoms with Gasteiger partial charge in [-0.1, -0.05) is 0 Å². The smallest absolute Gasteiger partial charge is 0.356 e. The van der Waals surface area contributed by atoms with E-state index in [4.69, 9.17) is 0 Å². The maximum atomic E-state index is 12.6. The van der Waals surface area contributed by atoms with E-state index in [2.05, 4.69) is 25.2 Å². The van der Waals surface area contributed by atoms with E-state index >= 15 is 0 Å². The predicted molar refractivity (Wildman–Crippen MR) is 116 cm³/mol. The maximum absolute atomic E-state index is 12.6. The molecule has 8 nitrogen and oxygen atoms in total. The fourth-order valence-electron chi connectivity index (χ4n) is 3.03. The number of aliphatic imine (C=N–C) groups is 1. The molecule has 0 radical (unpaired) electrons. The van der Waals surface area contributed by atoms with Crippen molar-refractivity contribution in [3.8, 4) is 0 Å². The molecule has 2 heterocycles. The second-order valence-corrected chi connectivity index (χ2v) is 8.57. The first-order valence-electron chi connectivity index (χ1n) is 9.16. The Labute approximate surface area is 186 Å². The van der Waals surface area contributed by atoms with Crippen molar-refractivity contribution < 1.29 is 21.6 Å². The van der Waals surface area contributed by atoms with Crippen molar-refractivity contribution in [1.82, 2.24) is 24.5 Å². The molecule has 1 saturated heterocycles. The highest BCUT2D eigenvalue weighted by molar-refractivity contribution is 14.0. The first kappa shape index (κ1) is 25.9. The molecular weight excluding hydrogens is 524 g/mol. The zero-order valence-corrected chi connectivity index (χ0v) is 19.6. The molecule has 1 aromatic heterocycles. The quantitative estimate of drug-likeness (QED) is 0.234. The number of alkyl halides is 3. The molecule has 0 bridgehead atoms. The van der Waals surface area contributed by atoms with Gasteiger partial charge in [0.15, 0.2) is 5.96 Å². The molecule has 168 valence electrons. The first-order valence-corrected chi connectivity index (χ1v) is 10.6. The average Bonchev–Trinajstić information content (AvgIpc) is 3.05. The minimum absolute atomic E-state index is 0. The molecule has 1 fully saturated rings. The lowest BCUT2D eigenvalue weighted by Gasteiger charge is -2.32. The molecule has 0 saturated carbocycles. The van der Waals surface area contributed by atoms with Gasteiger partial charge in [0, 0.05) is 51.7 Å². The van der Waals surface area contributed by atoms with Crippen LogP contribution in [0.15, 0.2) is 17.4 Å². The van der Waals surface area contributed by atoms with Crippen molar-refractivity contribution in [2.24, 2.45) is 4.99 Å². The summed E-state index contributed by atoms with van der Waals surface area (Å²) in [6.45, 7) is 3.21. The topological polar surface area (TPSA) is 91.6 Å². The van der Waals surface area contributed by atoms with Crippen LogP contribution in [-0.4, -0.2) is 66.5 Å². The predicted octanol–water partition coefficient (Wildman–Crippen LogP) is 2.07. The summed E-state index contributed by atoms with van der Waals surface area (Å²) in [5.41, 5.74) is -5.25. The fourth-order valence-corrected chi connectivity index (χ4v) is 4.01. The first-order chi connectivity index (χ1) is 13.1. The van der Waals surface area contributed by atoms with Gasteiger partial charge in [-0.2, -0.15) is 17.5 Å². The minimum atomic E-state index is -5.25. The molecule has 1 aliphatic rings. The van der Waals surface area contributed by atoms with Crippen molar-refractivity contribution in [3.05, 3.63) is 18.2 Å². The van der Waals surface area contributed by atoms with Gasteiger partial charge in [-0.3, -0.25) is 4.99 Å². The SMILES string of the molecule is CN=C(NCCCCn1ccnc1C)NC1CCN(S(=O)(=O)C(F)(F)F)CC1.I. The van der Waals surface area contributed by atoms with Crippen LogP contribution in [0.2, 0.25) is 0 Å². The van der Waals surface area contributed by atoms with Gasteiger partial charge in [-0.25, -0.2) is 13.4 Å². The van der Waals surface area contributed by atoms with Crippen LogP contribution in [-0.2, 0) is 16.6 Å².